The molecule has 104 valence electrons. The zero-order valence-corrected chi connectivity index (χ0v) is 12.3. The second kappa shape index (κ2) is 7.38. The van der Waals surface area contributed by atoms with Crippen LogP contribution in [0.2, 0.25) is 0 Å². The van der Waals surface area contributed by atoms with Gasteiger partial charge < -0.3 is 15.0 Å². The van der Waals surface area contributed by atoms with Crippen molar-refractivity contribution in [3.05, 3.63) is 11.3 Å². The smallest absolute Gasteiger partial charge is 0.131 e. The summed E-state index contributed by atoms with van der Waals surface area (Å²) in [6.07, 6.45) is 1.14. The van der Waals surface area contributed by atoms with Gasteiger partial charge in [-0.2, -0.15) is 5.10 Å². The van der Waals surface area contributed by atoms with Crippen molar-refractivity contribution >= 4 is 5.82 Å². The molecule has 0 aliphatic heterocycles. The van der Waals surface area contributed by atoms with Crippen molar-refractivity contribution in [2.45, 2.75) is 26.8 Å². The summed E-state index contributed by atoms with van der Waals surface area (Å²) in [6.45, 7) is 7.74. The van der Waals surface area contributed by atoms with Gasteiger partial charge in [-0.15, -0.1) is 0 Å². The summed E-state index contributed by atoms with van der Waals surface area (Å²) in [5.74, 6) is 1.21. The van der Waals surface area contributed by atoms with Crippen LogP contribution in [0.5, 0.6) is 0 Å². The third-order valence-corrected chi connectivity index (χ3v) is 3.02. The molecule has 5 heteroatoms. The molecule has 0 aliphatic rings. The maximum atomic E-state index is 5.04. The van der Waals surface area contributed by atoms with Crippen LogP contribution in [-0.2, 0) is 18.3 Å². The Labute approximate surface area is 110 Å². The van der Waals surface area contributed by atoms with Crippen LogP contribution in [-0.4, -0.2) is 43.6 Å². The number of nitrogens with zero attached hydrogens (tertiary/aromatic N) is 3. The Hall–Kier alpha value is -1.07. The Morgan fingerprint density at radius 3 is 2.78 bits per heavy atom. The standard InChI is InChI=1S/C13H26N4O/c1-6-8-16(3)13-12(10-14-7-9-18-5)11(2)15-17(13)4/h14H,6-10H2,1-5H3. The van der Waals surface area contributed by atoms with E-state index in [4.69, 9.17) is 4.74 Å². The molecule has 0 atom stereocenters. The van der Waals surface area contributed by atoms with Gasteiger partial charge >= 0.3 is 0 Å². The minimum atomic E-state index is 0.736. The average molecular weight is 254 g/mol. The van der Waals surface area contributed by atoms with E-state index in [1.54, 1.807) is 7.11 Å². The van der Waals surface area contributed by atoms with Gasteiger partial charge in [0.2, 0.25) is 0 Å². The number of hydrogen-bond acceptors (Lipinski definition) is 4. The topological polar surface area (TPSA) is 42.3 Å². The second-order valence-corrected chi connectivity index (χ2v) is 4.60. The van der Waals surface area contributed by atoms with E-state index < -0.39 is 0 Å². The Bertz CT molecular complexity index is 362. The first kappa shape index (κ1) is 15.0. The van der Waals surface area contributed by atoms with E-state index in [1.165, 1.54) is 11.4 Å². The molecule has 0 bridgehead atoms. The van der Waals surface area contributed by atoms with E-state index in [0.717, 1.165) is 38.4 Å². The number of methoxy groups -OCH3 is 1. The summed E-state index contributed by atoms with van der Waals surface area (Å²) >= 11 is 0. The Balaban J connectivity index is 2.75. The number of hydrogen-bond donors (Lipinski definition) is 1. The van der Waals surface area contributed by atoms with Gasteiger partial charge in [-0.05, 0) is 13.3 Å². The van der Waals surface area contributed by atoms with E-state index >= 15 is 0 Å². The fourth-order valence-electron chi connectivity index (χ4n) is 2.20. The summed E-state index contributed by atoms with van der Waals surface area (Å²) in [5, 5.41) is 7.91. The van der Waals surface area contributed by atoms with Gasteiger partial charge in [0.25, 0.3) is 0 Å². The van der Waals surface area contributed by atoms with Gasteiger partial charge in [0.1, 0.15) is 5.82 Å². The number of aryl methyl sites for hydroxylation is 2. The summed E-state index contributed by atoms with van der Waals surface area (Å²) in [6, 6.07) is 0. The van der Waals surface area contributed by atoms with Crippen molar-refractivity contribution in [2.24, 2.45) is 7.05 Å². The average Bonchev–Trinajstić information content (AvgIpc) is 2.60. The van der Waals surface area contributed by atoms with Crippen molar-refractivity contribution in [2.75, 3.05) is 38.8 Å². The molecule has 0 unspecified atom stereocenters. The lowest BCUT2D eigenvalue weighted by molar-refractivity contribution is 0.199. The molecule has 0 saturated carbocycles. The van der Waals surface area contributed by atoms with Crippen LogP contribution in [0.1, 0.15) is 24.6 Å². The van der Waals surface area contributed by atoms with Crippen LogP contribution < -0.4 is 10.2 Å². The van der Waals surface area contributed by atoms with Gasteiger partial charge in [-0.3, -0.25) is 4.68 Å². The number of aromatic nitrogens is 2. The molecule has 0 amide bonds. The predicted octanol–water partition coefficient (Wildman–Crippen LogP) is 1.31. The molecule has 1 aromatic rings. The molecular formula is C13H26N4O. The van der Waals surface area contributed by atoms with E-state index in [1.807, 2.05) is 11.7 Å². The van der Waals surface area contributed by atoms with Gasteiger partial charge in [-0.25, -0.2) is 0 Å². The fraction of sp³-hybridized carbons (Fsp3) is 0.769. The van der Waals surface area contributed by atoms with Crippen LogP contribution in [0.15, 0.2) is 0 Å². The van der Waals surface area contributed by atoms with E-state index in [-0.39, 0.29) is 0 Å². The summed E-state index contributed by atoms with van der Waals surface area (Å²) in [5.41, 5.74) is 2.38. The molecule has 0 spiro atoms. The van der Waals surface area contributed by atoms with E-state index in [9.17, 15) is 0 Å². The number of rotatable bonds is 8. The predicted molar refractivity (Wildman–Crippen MR) is 75.1 cm³/mol. The van der Waals surface area contributed by atoms with E-state index in [0.29, 0.717) is 0 Å². The molecule has 1 aromatic heterocycles. The van der Waals surface area contributed by atoms with Gasteiger partial charge in [0.15, 0.2) is 0 Å². The zero-order valence-electron chi connectivity index (χ0n) is 12.3. The quantitative estimate of drug-likeness (QED) is 0.710. The first-order valence-corrected chi connectivity index (χ1v) is 6.55. The molecule has 0 radical (unpaired) electrons. The number of anilines is 1. The Morgan fingerprint density at radius 2 is 2.17 bits per heavy atom. The number of nitrogens with one attached hydrogen (secondary N) is 1. The molecule has 1 rings (SSSR count). The van der Waals surface area contributed by atoms with Crippen LogP contribution in [0.3, 0.4) is 0 Å². The maximum absolute atomic E-state index is 5.04. The van der Waals surface area contributed by atoms with Crippen molar-refractivity contribution in [3.63, 3.8) is 0 Å². The largest absolute Gasteiger partial charge is 0.383 e. The van der Waals surface area contributed by atoms with Crippen LogP contribution in [0.4, 0.5) is 5.82 Å². The molecule has 0 fully saturated rings. The highest BCUT2D eigenvalue weighted by Gasteiger charge is 2.15. The number of ether oxygens (including phenoxy) is 1. The molecule has 0 aliphatic carbocycles. The first-order valence-electron chi connectivity index (χ1n) is 6.55. The van der Waals surface area contributed by atoms with Crippen LogP contribution >= 0.6 is 0 Å². The van der Waals surface area contributed by atoms with E-state index in [2.05, 4.69) is 36.2 Å². The SMILES string of the molecule is CCCN(C)c1c(CNCCOC)c(C)nn1C. The van der Waals surface area contributed by atoms with Crippen molar-refractivity contribution in [1.82, 2.24) is 15.1 Å². The molecule has 5 nitrogen and oxygen atoms in total. The highest BCUT2D eigenvalue weighted by atomic mass is 16.5. The lowest BCUT2D eigenvalue weighted by Gasteiger charge is -2.20. The van der Waals surface area contributed by atoms with Gasteiger partial charge in [-0.1, -0.05) is 6.92 Å². The summed E-state index contributed by atoms with van der Waals surface area (Å²) < 4.78 is 7.01. The molecule has 0 aromatic carbocycles. The highest BCUT2D eigenvalue weighted by Crippen LogP contribution is 2.22. The Morgan fingerprint density at radius 1 is 1.44 bits per heavy atom. The second-order valence-electron chi connectivity index (χ2n) is 4.60. The normalized spacial score (nSPS) is 10.9. The van der Waals surface area contributed by atoms with Crippen LogP contribution in [0, 0.1) is 6.92 Å². The zero-order chi connectivity index (χ0) is 13.5. The first-order chi connectivity index (χ1) is 8.61. The van der Waals surface area contributed by atoms with Crippen molar-refractivity contribution in [3.8, 4) is 0 Å². The monoisotopic (exact) mass is 254 g/mol. The minimum Gasteiger partial charge on any atom is -0.383 e. The lowest BCUT2D eigenvalue weighted by Crippen LogP contribution is -2.24. The molecule has 0 saturated heterocycles. The van der Waals surface area contributed by atoms with Gasteiger partial charge in [0, 0.05) is 46.4 Å². The van der Waals surface area contributed by atoms with Crippen LogP contribution in [0.25, 0.3) is 0 Å². The highest BCUT2D eigenvalue weighted by molar-refractivity contribution is 5.49. The molecule has 18 heavy (non-hydrogen) atoms. The lowest BCUT2D eigenvalue weighted by atomic mass is 10.2. The summed E-state index contributed by atoms with van der Waals surface area (Å²) in [7, 11) is 5.85. The molecule has 1 heterocycles. The third-order valence-electron chi connectivity index (χ3n) is 3.02. The fourth-order valence-corrected chi connectivity index (χ4v) is 2.20. The Kier molecular flexibility index (Phi) is 6.15. The van der Waals surface area contributed by atoms with Gasteiger partial charge in [0.05, 0.1) is 12.3 Å². The van der Waals surface area contributed by atoms with Crippen molar-refractivity contribution < 1.29 is 4.74 Å². The summed E-state index contributed by atoms with van der Waals surface area (Å²) in [4.78, 5) is 2.27. The maximum Gasteiger partial charge on any atom is 0.131 e. The molecular weight excluding hydrogens is 228 g/mol. The van der Waals surface area contributed by atoms with Crippen molar-refractivity contribution in [1.29, 1.82) is 0 Å². The minimum absolute atomic E-state index is 0.736. The molecule has 1 N–H and O–H groups in total. The third kappa shape index (κ3) is 3.71.